The van der Waals surface area contributed by atoms with Crippen LogP contribution in [0.25, 0.3) is 0 Å². The number of hydrogen-bond donors (Lipinski definition) is 3. The molecule has 0 heterocycles. The van der Waals surface area contributed by atoms with Crippen molar-refractivity contribution >= 4 is 23.0 Å². The van der Waals surface area contributed by atoms with Gasteiger partial charge in [-0.2, -0.15) is 0 Å². The van der Waals surface area contributed by atoms with Gasteiger partial charge in [-0.25, -0.2) is 0 Å². The van der Waals surface area contributed by atoms with E-state index in [2.05, 4.69) is 5.32 Å². The molecule has 0 aliphatic rings. The van der Waals surface area contributed by atoms with Crippen LogP contribution in [0.2, 0.25) is 5.02 Å². The van der Waals surface area contributed by atoms with Crippen LogP contribution >= 0.6 is 11.6 Å². The molecule has 1 aromatic carbocycles. The van der Waals surface area contributed by atoms with Crippen LogP contribution in [0, 0.1) is 10.1 Å². The second-order valence-corrected chi connectivity index (χ2v) is 3.55. The summed E-state index contributed by atoms with van der Waals surface area (Å²) < 4.78 is 0. The van der Waals surface area contributed by atoms with E-state index in [-0.39, 0.29) is 23.9 Å². The third-order valence-electron chi connectivity index (χ3n) is 1.90. The second-order valence-electron chi connectivity index (χ2n) is 3.14. The van der Waals surface area contributed by atoms with Crippen LogP contribution in [0.4, 0.5) is 11.4 Å². The number of rotatable bonds is 5. The number of aliphatic hydroxyl groups excluding tert-OH is 2. The Bertz CT molecular complexity index is 386. The van der Waals surface area contributed by atoms with Gasteiger partial charge in [0, 0.05) is 18.3 Å². The largest absolute Gasteiger partial charge is 0.394 e. The molecule has 0 radical (unpaired) electrons. The fraction of sp³-hybridized carbons (Fsp3) is 0.333. The molecule has 0 bridgehead atoms. The smallest absolute Gasteiger partial charge is 0.289 e. The quantitative estimate of drug-likeness (QED) is 0.532. The molecular formula is C9H11ClN2O4. The zero-order chi connectivity index (χ0) is 12.1. The van der Waals surface area contributed by atoms with Crippen molar-refractivity contribution in [2.45, 2.75) is 6.10 Å². The van der Waals surface area contributed by atoms with Gasteiger partial charge in [-0.15, -0.1) is 0 Å². The Balaban J connectivity index is 2.75. The van der Waals surface area contributed by atoms with Gasteiger partial charge in [0.05, 0.1) is 17.6 Å². The van der Waals surface area contributed by atoms with Crippen molar-refractivity contribution in [1.29, 1.82) is 0 Å². The first kappa shape index (κ1) is 12.7. The average Bonchev–Trinajstić information content (AvgIpc) is 2.27. The first-order chi connectivity index (χ1) is 7.54. The minimum absolute atomic E-state index is 0.0539. The molecule has 1 unspecified atom stereocenters. The SMILES string of the molecule is O=[N+]([O-])c1cc(NCC(O)CO)ccc1Cl. The molecule has 7 heteroatoms. The minimum Gasteiger partial charge on any atom is -0.394 e. The summed E-state index contributed by atoms with van der Waals surface area (Å²) in [6.45, 7) is -0.266. The first-order valence-corrected chi connectivity index (χ1v) is 4.89. The fourth-order valence-corrected chi connectivity index (χ4v) is 1.25. The Labute approximate surface area is 96.6 Å². The van der Waals surface area contributed by atoms with Crippen molar-refractivity contribution in [3.8, 4) is 0 Å². The molecule has 3 N–H and O–H groups in total. The lowest BCUT2D eigenvalue weighted by atomic mass is 10.2. The average molecular weight is 247 g/mol. The summed E-state index contributed by atoms with van der Waals surface area (Å²) in [5.41, 5.74) is 0.258. The first-order valence-electron chi connectivity index (χ1n) is 4.51. The Morgan fingerprint density at radius 3 is 2.81 bits per heavy atom. The summed E-state index contributed by atoms with van der Waals surface area (Å²) >= 11 is 5.62. The number of anilines is 1. The molecule has 1 aromatic rings. The van der Waals surface area contributed by atoms with Gasteiger partial charge in [-0.3, -0.25) is 10.1 Å². The van der Waals surface area contributed by atoms with E-state index in [0.29, 0.717) is 5.69 Å². The van der Waals surface area contributed by atoms with Crippen LogP contribution in [0.5, 0.6) is 0 Å². The van der Waals surface area contributed by atoms with Gasteiger partial charge in [0.25, 0.3) is 5.69 Å². The predicted molar refractivity (Wildman–Crippen MR) is 59.7 cm³/mol. The molecule has 0 saturated heterocycles. The predicted octanol–water partition coefficient (Wildman–Crippen LogP) is 1.01. The van der Waals surface area contributed by atoms with Crippen molar-refractivity contribution < 1.29 is 15.1 Å². The summed E-state index contributed by atoms with van der Waals surface area (Å²) in [5, 5.41) is 31.0. The molecule has 1 rings (SSSR count). The van der Waals surface area contributed by atoms with Crippen LogP contribution in [0.1, 0.15) is 0 Å². The van der Waals surface area contributed by atoms with Crippen molar-refractivity contribution in [2.75, 3.05) is 18.5 Å². The lowest BCUT2D eigenvalue weighted by Gasteiger charge is -2.10. The molecule has 6 nitrogen and oxygen atoms in total. The maximum absolute atomic E-state index is 10.6. The van der Waals surface area contributed by atoms with Crippen LogP contribution in [0.15, 0.2) is 18.2 Å². The normalized spacial score (nSPS) is 12.2. The second kappa shape index (κ2) is 5.64. The molecule has 0 amide bonds. The maximum atomic E-state index is 10.6. The third-order valence-corrected chi connectivity index (χ3v) is 2.22. The molecular weight excluding hydrogens is 236 g/mol. The molecule has 0 aromatic heterocycles. The number of aliphatic hydroxyl groups is 2. The summed E-state index contributed by atoms with van der Waals surface area (Å²) in [6.07, 6.45) is -0.908. The lowest BCUT2D eigenvalue weighted by Crippen LogP contribution is -2.22. The van der Waals surface area contributed by atoms with Gasteiger partial charge in [-0.1, -0.05) is 11.6 Å². The van der Waals surface area contributed by atoms with E-state index in [1.807, 2.05) is 0 Å². The Morgan fingerprint density at radius 1 is 1.56 bits per heavy atom. The van der Waals surface area contributed by atoms with E-state index in [1.165, 1.54) is 12.1 Å². The minimum atomic E-state index is -0.908. The van der Waals surface area contributed by atoms with Gasteiger partial charge in [0.2, 0.25) is 0 Å². The highest BCUT2D eigenvalue weighted by Gasteiger charge is 2.12. The van der Waals surface area contributed by atoms with E-state index in [4.69, 9.17) is 21.8 Å². The maximum Gasteiger partial charge on any atom is 0.289 e. The number of halogens is 1. The number of nitrogens with one attached hydrogen (secondary N) is 1. The van der Waals surface area contributed by atoms with Crippen LogP contribution in [-0.2, 0) is 0 Å². The van der Waals surface area contributed by atoms with E-state index in [9.17, 15) is 10.1 Å². The molecule has 0 saturated carbocycles. The van der Waals surface area contributed by atoms with E-state index in [0.717, 1.165) is 0 Å². The number of nitro groups is 1. The number of benzene rings is 1. The summed E-state index contributed by atoms with van der Waals surface area (Å²) in [4.78, 5) is 9.98. The van der Waals surface area contributed by atoms with Gasteiger partial charge in [-0.05, 0) is 12.1 Å². The van der Waals surface area contributed by atoms with Gasteiger partial charge in [0.15, 0.2) is 0 Å². The van der Waals surface area contributed by atoms with Crippen molar-refractivity contribution in [3.63, 3.8) is 0 Å². The zero-order valence-corrected chi connectivity index (χ0v) is 9.02. The highest BCUT2D eigenvalue weighted by Crippen LogP contribution is 2.27. The van der Waals surface area contributed by atoms with Crippen molar-refractivity contribution in [3.05, 3.63) is 33.3 Å². The monoisotopic (exact) mass is 246 g/mol. The molecule has 0 spiro atoms. The molecule has 0 aliphatic carbocycles. The molecule has 88 valence electrons. The van der Waals surface area contributed by atoms with E-state index < -0.39 is 11.0 Å². The lowest BCUT2D eigenvalue weighted by molar-refractivity contribution is -0.384. The van der Waals surface area contributed by atoms with Gasteiger partial charge in [0.1, 0.15) is 5.02 Å². The summed E-state index contributed by atoms with van der Waals surface area (Å²) in [6, 6.07) is 4.22. The summed E-state index contributed by atoms with van der Waals surface area (Å²) in [5.74, 6) is 0. The van der Waals surface area contributed by atoms with Crippen LogP contribution in [-0.4, -0.2) is 34.4 Å². The third kappa shape index (κ3) is 3.34. The van der Waals surface area contributed by atoms with E-state index in [1.54, 1.807) is 6.07 Å². The molecule has 16 heavy (non-hydrogen) atoms. The number of hydrogen-bond acceptors (Lipinski definition) is 5. The Hall–Kier alpha value is -1.37. The highest BCUT2D eigenvalue weighted by molar-refractivity contribution is 6.32. The molecule has 0 fully saturated rings. The molecule has 0 aliphatic heterocycles. The number of nitrogens with zero attached hydrogens (tertiary/aromatic N) is 1. The van der Waals surface area contributed by atoms with Gasteiger partial charge < -0.3 is 15.5 Å². The topological polar surface area (TPSA) is 95.6 Å². The van der Waals surface area contributed by atoms with Crippen molar-refractivity contribution in [2.24, 2.45) is 0 Å². The number of nitro benzene ring substituents is 1. The standard InChI is InChI=1S/C9H11ClN2O4/c10-8-2-1-6(3-9(8)12(15)16)11-4-7(14)5-13/h1-3,7,11,13-14H,4-5H2. The highest BCUT2D eigenvalue weighted by atomic mass is 35.5. The van der Waals surface area contributed by atoms with Crippen LogP contribution in [0.3, 0.4) is 0 Å². The van der Waals surface area contributed by atoms with Crippen molar-refractivity contribution in [1.82, 2.24) is 0 Å². The Morgan fingerprint density at radius 2 is 2.25 bits per heavy atom. The fourth-order valence-electron chi connectivity index (χ4n) is 1.06. The van der Waals surface area contributed by atoms with Gasteiger partial charge >= 0.3 is 0 Å². The summed E-state index contributed by atoms with van der Waals surface area (Å²) in [7, 11) is 0. The zero-order valence-electron chi connectivity index (χ0n) is 8.26. The van der Waals surface area contributed by atoms with Crippen LogP contribution < -0.4 is 5.32 Å². The molecule has 1 atom stereocenters. The van der Waals surface area contributed by atoms with E-state index >= 15 is 0 Å². The Kier molecular flexibility index (Phi) is 4.48.